The average molecular weight is 354 g/mol. The van der Waals surface area contributed by atoms with E-state index in [1.165, 1.54) is 0 Å². The molecule has 26 heavy (non-hydrogen) atoms. The Morgan fingerprint density at radius 3 is 2.58 bits per heavy atom. The summed E-state index contributed by atoms with van der Waals surface area (Å²) in [7, 11) is 0. The molecule has 3 rings (SSSR count). The van der Waals surface area contributed by atoms with Crippen LogP contribution in [0.5, 0.6) is 0 Å². The van der Waals surface area contributed by atoms with Gasteiger partial charge in [-0.05, 0) is 68.9 Å². The second-order valence-corrected chi connectivity index (χ2v) is 7.81. The molecule has 0 aromatic rings. The molecule has 0 saturated carbocycles. The molecule has 2 heterocycles. The zero-order valence-corrected chi connectivity index (χ0v) is 15.9. The number of hydrogen-bond acceptors (Lipinski definition) is 4. The normalized spacial score (nSPS) is 23.2. The predicted octanol–water partition coefficient (Wildman–Crippen LogP) is 2.86. The van der Waals surface area contributed by atoms with E-state index < -0.39 is 5.41 Å². The van der Waals surface area contributed by atoms with Gasteiger partial charge in [-0.3, -0.25) is 9.59 Å². The van der Waals surface area contributed by atoms with Crippen LogP contribution in [-0.2, 0) is 14.4 Å². The first-order valence-electron chi connectivity index (χ1n) is 9.18. The molecule has 0 spiro atoms. The number of hydrogen-bond donors (Lipinski definition) is 2. The molecule has 2 aliphatic heterocycles. The highest BCUT2D eigenvalue weighted by atomic mass is 16.2. The minimum Gasteiger partial charge on any atom is -0.372 e. The second-order valence-electron chi connectivity index (χ2n) is 7.81. The van der Waals surface area contributed by atoms with E-state index in [1.54, 1.807) is 13.8 Å². The quantitative estimate of drug-likeness (QED) is 0.719. The molecule has 1 aliphatic carbocycles. The van der Waals surface area contributed by atoms with Crippen molar-refractivity contribution in [3.05, 3.63) is 46.3 Å². The van der Waals surface area contributed by atoms with Crippen LogP contribution in [0.1, 0.15) is 53.4 Å². The molecule has 5 nitrogen and oxygen atoms in total. The summed E-state index contributed by atoms with van der Waals surface area (Å²) in [6, 6.07) is -0.0602. The first-order valence-corrected chi connectivity index (χ1v) is 9.18. The Kier molecular flexibility index (Phi) is 4.74. The smallest absolute Gasteiger partial charge is 0.234 e. The van der Waals surface area contributed by atoms with Crippen LogP contribution in [0.3, 0.4) is 0 Å². The topological polar surface area (TPSA) is 75.3 Å². The van der Waals surface area contributed by atoms with Gasteiger partial charge in [0.1, 0.15) is 5.78 Å². The summed E-state index contributed by atoms with van der Waals surface area (Å²) in [5, 5.41) is 6.28. The van der Waals surface area contributed by atoms with Crippen molar-refractivity contribution in [2.75, 3.05) is 0 Å². The van der Waals surface area contributed by atoms with Gasteiger partial charge in [0.05, 0.1) is 17.2 Å². The molecule has 0 saturated heterocycles. The fourth-order valence-electron chi connectivity index (χ4n) is 3.78. The lowest BCUT2D eigenvalue weighted by Crippen LogP contribution is -2.29. The summed E-state index contributed by atoms with van der Waals surface area (Å²) in [5.74, 6) is 0.201. The van der Waals surface area contributed by atoms with Crippen LogP contribution in [0, 0.1) is 5.41 Å². The number of carbonyl (C=O) groups is 3. The van der Waals surface area contributed by atoms with Crippen LogP contribution in [0.4, 0.5) is 0 Å². The second kappa shape index (κ2) is 6.71. The van der Waals surface area contributed by atoms with Crippen molar-refractivity contribution < 1.29 is 14.4 Å². The minimum atomic E-state index is -0.597. The molecule has 3 aliphatic rings. The molecule has 1 amide bonds. The van der Waals surface area contributed by atoms with Gasteiger partial charge in [-0.25, -0.2) is 0 Å². The molecule has 1 atom stereocenters. The van der Waals surface area contributed by atoms with E-state index in [2.05, 4.69) is 16.7 Å². The standard InChI is InChI=1S/C21H26N2O3/c1-12(24)7-5-6-8-14-15-11-16-18(23-20(26)21(16,3)4)10-9-17(15)22-19(14)13(2)25/h9-11,17,22H,5-8H2,1-4H3,(H,23,26). The van der Waals surface area contributed by atoms with E-state index in [4.69, 9.17) is 0 Å². The first-order chi connectivity index (χ1) is 12.2. The Morgan fingerprint density at radius 1 is 1.19 bits per heavy atom. The Morgan fingerprint density at radius 2 is 1.92 bits per heavy atom. The Bertz CT molecular complexity index is 809. The van der Waals surface area contributed by atoms with E-state index >= 15 is 0 Å². The minimum absolute atomic E-state index is 0.00724. The molecule has 0 aromatic heterocycles. The number of carbonyl (C=O) groups excluding carboxylic acids is 3. The lowest BCUT2D eigenvalue weighted by Gasteiger charge is -2.18. The van der Waals surface area contributed by atoms with Crippen LogP contribution < -0.4 is 10.6 Å². The van der Waals surface area contributed by atoms with Gasteiger partial charge in [0.2, 0.25) is 5.91 Å². The third-order valence-corrected chi connectivity index (χ3v) is 5.38. The van der Waals surface area contributed by atoms with E-state index in [0.717, 1.165) is 41.7 Å². The van der Waals surface area contributed by atoms with Crippen LogP contribution in [-0.4, -0.2) is 23.5 Å². The van der Waals surface area contributed by atoms with Crippen molar-refractivity contribution in [2.45, 2.75) is 59.4 Å². The molecule has 138 valence electrons. The van der Waals surface area contributed by atoms with E-state index in [0.29, 0.717) is 12.1 Å². The number of unbranched alkanes of at least 4 members (excludes halogenated alkanes) is 1. The number of ketones is 2. The fraction of sp³-hybridized carbons (Fsp3) is 0.476. The summed E-state index contributed by atoms with van der Waals surface area (Å²) >= 11 is 0. The zero-order chi connectivity index (χ0) is 19.1. The maximum Gasteiger partial charge on any atom is 0.234 e. The van der Waals surface area contributed by atoms with E-state index in [1.807, 2.05) is 26.0 Å². The number of allylic oxidation sites excluding steroid dienone is 3. The number of amides is 1. The van der Waals surface area contributed by atoms with E-state index in [9.17, 15) is 14.4 Å². The third kappa shape index (κ3) is 3.18. The van der Waals surface area contributed by atoms with Crippen molar-refractivity contribution in [3.63, 3.8) is 0 Å². The predicted molar refractivity (Wildman–Crippen MR) is 100.0 cm³/mol. The summed E-state index contributed by atoms with van der Waals surface area (Å²) in [5.41, 5.74) is 3.93. The maximum atomic E-state index is 12.3. The first kappa shape index (κ1) is 18.4. The van der Waals surface area contributed by atoms with Crippen molar-refractivity contribution in [3.8, 4) is 0 Å². The average Bonchev–Trinajstić information content (AvgIpc) is 2.92. The largest absolute Gasteiger partial charge is 0.372 e. The highest BCUT2D eigenvalue weighted by molar-refractivity contribution is 5.96. The maximum absolute atomic E-state index is 12.3. The highest BCUT2D eigenvalue weighted by Gasteiger charge is 2.41. The van der Waals surface area contributed by atoms with Crippen molar-refractivity contribution in [1.29, 1.82) is 0 Å². The SMILES string of the molecule is CC(=O)CCCCC1=C(C(C)=O)NC2C=CC3=C(C=C12)C(C)(C)C(=O)N3. The summed E-state index contributed by atoms with van der Waals surface area (Å²) in [4.78, 5) is 35.6. The van der Waals surface area contributed by atoms with Crippen LogP contribution in [0.15, 0.2) is 46.3 Å². The molecule has 5 heteroatoms. The zero-order valence-electron chi connectivity index (χ0n) is 15.9. The summed E-state index contributed by atoms with van der Waals surface area (Å²) in [6.07, 6.45) is 8.99. The Labute approximate surface area is 154 Å². The number of fused-ring (bicyclic) bond motifs is 1. The van der Waals surface area contributed by atoms with Gasteiger partial charge >= 0.3 is 0 Å². The van der Waals surface area contributed by atoms with Gasteiger partial charge in [-0.15, -0.1) is 0 Å². The monoisotopic (exact) mass is 354 g/mol. The molecule has 1 unspecified atom stereocenters. The fourth-order valence-corrected chi connectivity index (χ4v) is 3.78. The lowest BCUT2D eigenvalue weighted by atomic mass is 9.83. The van der Waals surface area contributed by atoms with Gasteiger partial charge in [-0.1, -0.05) is 6.08 Å². The molecule has 0 radical (unpaired) electrons. The van der Waals surface area contributed by atoms with Crippen molar-refractivity contribution in [2.24, 2.45) is 5.41 Å². The summed E-state index contributed by atoms with van der Waals surface area (Å²) < 4.78 is 0. The van der Waals surface area contributed by atoms with Gasteiger partial charge in [0, 0.05) is 19.0 Å². The Hall–Kier alpha value is -2.43. The van der Waals surface area contributed by atoms with Gasteiger partial charge in [-0.2, -0.15) is 0 Å². The highest BCUT2D eigenvalue weighted by Crippen LogP contribution is 2.41. The molecule has 0 aromatic carbocycles. The lowest BCUT2D eigenvalue weighted by molar-refractivity contribution is -0.125. The number of Topliss-reactive ketones (excluding diaryl/α,β-unsaturated/α-hetero) is 2. The Balaban J connectivity index is 1.93. The summed E-state index contributed by atoms with van der Waals surface area (Å²) in [6.45, 7) is 7.01. The third-order valence-electron chi connectivity index (χ3n) is 5.38. The molecule has 2 N–H and O–H groups in total. The van der Waals surface area contributed by atoms with Gasteiger partial charge < -0.3 is 15.4 Å². The van der Waals surface area contributed by atoms with Gasteiger partial charge in [0.25, 0.3) is 0 Å². The number of nitrogens with one attached hydrogen (secondary N) is 2. The van der Waals surface area contributed by atoms with Crippen molar-refractivity contribution >= 4 is 17.5 Å². The van der Waals surface area contributed by atoms with Crippen LogP contribution in [0.2, 0.25) is 0 Å². The van der Waals surface area contributed by atoms with Crippen LogP contribution >= 0.6 is 0 Å². The van der Waals surface area contributed by atoms with Crippen molar-refractivity contribution in [1.82, 2.24) is 10.6 Å². The molecular weight excluding hydrogens is 328 g/mol. The van der Waals surface area contributed by atoms with E-state index in [-0.39, 0.29) is 23.5 Å². The molecular formula is C21H26N2O3. The van der Waals surface area contributed by atoms with Crippen LogP contribution in [0.25, 0.3) is 0 Å². The molecule has 0 fully saturated rings. The van der Waals surface area contributed by atoms with Gasteiger partial charge in [0.15, 0.2) is 5.78 Å². The molecule has 0 bridgehead atoms. The number of rotatable bonds is 6.